The Morgan fingerprint density at radius 2 is 1.95 bits per heavy atom. The van der Waals surface area contributed by atoms with Crippen LogP contribution in [0.25, 0.3) is 0 Å². The van der Waals surface area contributed by atoms with Crippen LogP contribution in [0.2, 0.25) is 10.0 Å². The molecule has 2 rings (SSSR count). The van der Waals surface area contributed by atoms with E-state index in [0.29, 0.717) is 10.0 Å². The van der Waals surface area contributed by atoms with Crippen LogP contribution in [0.1, 0.15) is 18.9 Å². The quantitative estimate of drug-likeness (QED) is 0.838. The first kappa shape index (κ1) is 14.6. The van der Waals surface area contributed by atoms with Crippen molar-refractivity contribution >= 4 is 29.1 Å². The van der Waals surface area contributed by atoms with Crippen molar-refractivity contribution in [2.45, 2.75) is 19.9 Å². The van der Waals surface area contributed by atoms with E-state index >= 15 is 0 Å². The van der Waals surface area contributed by atoms with Crippen LogP contribution < -0.4 is 0 Å². The van der Waals surface area contributed by atoms with Crippen molar-refractivity contribution in [3.63, 3.8) is 0 Å². The van der Waals surface area contributed by atoms with Gasteiger partial charge in [0.15, 0.2) is 0 Å². The van der Waals surface area contributed by atoms with Gasteiger partial charge in [-0.15, -0.1) is 0 Å². The third-order valence-corrected chi connectivity index (χ3v) is 4.16. The predicted molar refractivity (Wildman–Crippen MR) is 78.6 cm³/mol. The summed E-state index contributed by atoms with van der Waals surface area (Å²) in [5.74, 6) is 0.163. The van der Waals surface area contributed by atoms with Crippen molar-refractivity contribution in [2.75, 3.05) is 26.2 Å². The number of hydrogen-bond donors (Lipinski definition) is 0. The van der Waals surface area contributed by atoms with Gasteiger partial charge in [-0.3, -0.25) is 9.69 Å². The summed E-state index contributed by atoms with van der Waals surface area (Å²) in [6, 6.07) is 5.75. The fraction of sp³-hybridized carbons (Fsp3) is 0.500. The molecule has 0 saturated carbocycles. The number of carbonyl (C=O) groups excluding carboxylic acids is 1. The SMILES string of the molecule is CC(=O)N1CCCN(Cc2ccc(Cl)c(Cl)c2)CC1. The molecular formula is C14H18Cl2N2O. The third kappa shape index (κ3) is 4.10. The molecule has 1 saturated heterocycles. The number of rotatable bonds is 2. The number of nitrogens with zero attached hydrogens (tertiary/aromatic N) is 2. The zero-order valence-corrected chi connectivity index (χ0v) is 12.5. The van der Waals surface area contributed by atoms with Gasteiger partial charge in [0.25, 0.3) is 0 Å². The first-order valence-electron chi connectivity index (χ1n) is 6.48. The summed E-state index contributed by atoms with van der Waals surface area (Å²) in [4.78, 5) is 15.6. The Hall–Kier alpha value is -0.770. The van der Waals surface area contributed by atoms with Crippen LogP contribution in [0, 0.1) is 0 Å². The Morgan fingerprint density at radius 1 is 1.16 bits per heavy atom. The molecule has 1 amide bonds. The molecule has 0 radical (unpaired) electrons. The van der Waals surface area contributed by atoms with Gasteiger partial charge >= 0.3 is 0 Å². The zero-order valence-electron chi connectivity index (χ0n) is 11.0. The van der Waals surface area contributed by atoms with Crippen molar-refractivity contribution in [2.24, 2.45) is 0 Å². The maximum Gasteiger partial charge on any atom is 0.219 e. The molecule has 0 spiro atoms. The van der Waals surface area contributed by atoms with Gasteiger partial charge in [-0.1, -0.05) is 29.3 Å². The van der Waals surface area contributed by atoms with Crippen molar-refractivity contribution in [3.8, 4) is 0 Å². The highest BCUT2D eigenvalue weighted by molar-refractivity contribution is 6.42. The van der Waals surface area contributed by atoms with Crippen LogP contribution in [-0.4, -0.2) is 41.9 Å². The molecule has 3 nitrogen and oxygen atoms in total. The number of amides is 1. The first-order chi connectivity index (χ1) is 9.06. The fourth-order valence-corrected chi connectivity index (χ4v) is 2.66. The summed E-state index contributed by atoms with van der Waals surface area (Å²) in [6.07, 6.45) is 1.01. The minimum absolute atomic E-state index is 0.163. The molecule has 0 N–H and O–H groups in total. The lowest BCUT2D eigenvalue weighted by Gasteiger charge is -2.21. The van der Waals surface area contributed by atoms with E-state index in [1.807, 2.05) is 23.1 Å². The van der Waals surface area contributed by atoms with Crippen molar-refractivity contribution in [1.29, 1.82) is 0 Å². The monoisotopic (exact) mass is 300 g/mol. The lowest BCUT2D eigenvalue weighted by Crippen LogP contribution is -2.33. The summed E-state index contributed by atoms with van der Waals surface area (Å²) in [6.45, 7) is 6.05. The van der Waals surface area contributed by atoms with E-state index in [9.17, 15) is 4.79 Å². The second-order valence-corrected chi connectivity index (χ2v) is 5.70. The maximum atomic E-state index is 11.4. The maximum absolute atomic E-state index is 11.4. The minimum atomic E-state index is 0.163. The Kier molecular flexibility index (Phi) is 5.08. The number of halogens is 2. The largest absolute Gasteiger partial charge is 0.342 e. The molecule has 0 aromatic heterocycles. The van der Waals surface area contributed by atoms with Gasteiger partial charge < -0.3 is 4.90 Å². The summed E-state index contributed by atoms with van der Waals surface area (Å²) in [5, 5.41) is 1.18. The van der Waals surface area contributed by atoms with Gasteiger partial charge in [0.1, 0.15) is 0 Å². The normalized spacial score (nSPS) is 17.3. The molecule has 0 bridgehead atoms. The number of benzene rings is 1. The van der Waals surface area contributed by atoms with E-state index in [2.05, 4.69) is 4.90 Å². The van der Waals surface area contributed by atoms with E-state index in [1.54, 1.807) is 6.92 Å². The van der Waals surface area contributed by atoms with E-state index in [0.717, 1.165) is 44.7 Å². The molecule has 0 atom stereocenters. The number of carbonyl (C=O) groups is 1. The van der Waals surface area contributed by atoms with Crippen LogP contribution in [0.5, 0.6) is 0 Å². The highest BCUT2D eigenvalue weighted by atomic mass is 35.5. The lowest BCUT2D eigenvalue weighted by atomic mass is 10.2. The van der Waals surface area contributed by atoms with Crippen LogP contribution in [0.15, 0.2) is 18.2 Å². The minimum Gasteiger partial charge on any atom is -0.342 e. The fourth-order valence-electron chi connectivity index (χ4n) is 2.34. The van der Waals surface area contributed by atoms with Crippen molar-refractivity contribution < 1.29 is 4.79 Å². The highest BCUT2D eigenvalue weighted by Crippen LogP contribution is 2.23. The Bertz CT molecular complexity index is 465. The van der Waals surface area contributed by atoms with Crippen molar-refractivity contribution in [3.05, 3.63) is 33.8 Å². The van der Waals surface area contributed by atoms with Gasteiger partial charge in [-0.2, -0.15) is 0 Å². The van der Waals surface area contributed by atoms with Gasteiger partial charge in [0, 0.05) is 39.6 Å². The summed E-state index contributed by atoms with van der Waals surface area (Å²) in [5.41, 5.74) is 1.16. The summed E-state index contributed by atoms with van der Waals surface area (Å²) < 4.78 is 0. The highest BCUT2D eigenvalue weighted by Gasteiger charge is 2.16. The smallest absolute Gasteiger partial charge is 0.219 e. The van der Waals surface area contributed by atoms with Gasteiger partial charge in [0.2, 0.25) is 5.91 Å². The standard InChI is InChI=1S/C14H18Cl2N2O/c1-11(19)18-6-2-5-17(7-8-18)10-12-3-4-13(15)14(16)9-12/h3-4,9H,2,5-8,10H2,1H3. The van der Waals surface area contributed by atoms with E-state index in [-0.39, 0.29) is 5.91 Å². The molecular weight excluding hydrogens is 283 g/mol. The lowest BCUT2D eigenvalue weighted by molar-refractivity contribution is -0.128. The molecule has 1 aromatic rings. The molecule has 19 heavy (non-hydrogen) atoms. The van der Waals surface area contributed by atoms with E-state index in [4.69, 9.17) is 23.2 Å². The summed E-state index contributed by atoms with van der Waals surface area (Å²) >= 11 is 11.9. The van der Waals surface area contributed by atoms with Gasteiger partial charge in [-0.25, -0.2) is 0 Å². The molecule has 1 aliphatic heterocycles. The molecule has 104 valence electrons. The van der Waals surface area contributed by atoms with Gasteiger partial charge in [-0.05, 0) is 24.1 Å². The van der Waals surface area contributed by atoms with Crippen LogP contribution in [-0.2, 0) is 11.3 Å². The predicted octanol–water partition coefficient (Wildman–Crippen LogP) is 3.05. The third-order valence-electron chi connectivity index (χ3n) is 3.42. The van der Waals surface area contributed by atoms with Crippen molar-refractivity contribution in [1.82, 2.24) is 9.80 Å². The molecule has 1 fully saturated rings. The second-order valence-electron chi connectivity index (χ2n) is 4.88. The first-order valence-corrected chi connectivity index (χ1v) is 7.23. The molecule has 0 aliphatic carbocycles. The molecule has 0 unspecified atom stereocenters. The number of hydrogen-bond acceptors (Lipinski definition) is 2. The van der Waals surface area contributed by atoms with Gasteiger partial charge in [0.05, 0.1) is 10.0 Å². The van der Waals surface area contributed by atoms with Crippen LogP contribution in [0.3, 0.4) is 0 Å². The Balaban J connectivity index is 1.95. The Labute approximate surface area is 124 Å². The van der Waals surface area contributed by atoms with E-state index < -0.39 is 0 Å². The zero-order chi connectivity index (χ0) is 13.8. The van der Waals surface area contributed by atoms with Crippen LogP contribution >= 0.6 is 23.2 Å². The molecule has 5 heteroatoms. The summed E-state index contributed by atoms with van der Waals surface area (Å²) in [7, 11) is 0. The Morgan fingerprint density at radius 3 is 2.63 bits per heavy atom. The molecule has 1 heterocycles. The molecule has 1 aromatic carbocycles. The average Bonchev–Trinajstić information content (AvgIpc) is 2.59. The van der Waals surface area contributed by atoms with E-state index in [1.165, 1.54) is 0 Å². The average molecular weight is 301 g/mol. The van der Waals surface area contributed by atoms with Crippen LogP contribution in [0.4, 0.5) is 0 Å². The second kappa shape index (κ2) is 6.60. The topological polar surface area (TPSA) is 23.6 Å². The molecule has 1 aliphatic rings.